The van der Waals surface area contributed by atoms with Crippen molar-refractivity contribution >= 4 is 61.7 Å². The third-order valence-electron chi connectivity index (χ3n) is 17.1. The van der Waals surface area contributed by atoms with Crippen molar-refractivity contribution in [2.75, 3.05) is 0 Å². The molecule has 0 amide bonds. The SMILES string of the molecule is [2H]c1c([2H])c([2H])c(-c2c([2H])c(-c3cccc(-c4cc(C(C)(C)C)cc(C(C)(C)C)c4)c3-[n+]3[c-]n(-c4[c-]c(Oc5[c-]c6c(cc5)c5ccccc5n6-c5cc(C(C)(C)C)ccn5)ccc4)c4cc([Si](c5c([2H])c([2H])c([2H])c([2H])c5[2H])(c5c([2H])c([2H])c([2H])c([2H])c5[2H])c5c([2H])c([2H])c([2H])c([2H])c5[2H])ccc43)c([2H])c(-c3c([2H])c([2H])c([2H])c([2H])c3[2H])c2[2H])c([2H])c1[2H].[Pt]. The van der Waals surface area contributed by atoms with Gasteiger partial charge in [0.25, 0.3) is 6.33 Å². The molecule has 0 saturated carbocycles. The second-order valence-corrected chi connectivity index (χ2v) is 29.9. The van der Waals surface area contributed by atoms with E-state index in [2.05, 4.69) is 45.3 Å². The first-order valence-corrected chi connectivity index (χ1v) is 33.0. The average molecular weight is 1480 g/mol. The fraction of sp³-hybridized carbons (Fsp3) is 0.133. The van der Waals surface area contributed by atoms with Crippen LogP contribution in [-0.2, 0) is 37.3 Å². The van der Waals surface area contributed by atoms with Crippen molar-refractivity contribution in [3.05, 3.63) is 332 Å². The summed E-state index contributed by atoms with van der Waals surface area (Å²) in [5, 5.41) is -1.05. The zero-order valence-electron chi connectivity index (χ0n) is 82.1. The molecule has 0 aliphatic carbocycles. The maximum Gasteiger partial charge on any atom is 0.268 e. The Bertz CT molecular complexity index is 6730. The van der Waals surface area contributed by atoms with Gasteiger partial charge in [-0.05, 0) is 146 Å². The van der Waals surface area contributed by atoms with E-state index in [-0.39, 0.29) is 76.7 Å². The first-order chi connectivity index (χ1) is 58.1. The molecule has 0 aliphatic rings. The van der Waals surface area contributed by atoms with Crippen molar-refractivity contribution in [1.82, 2.24) is 14.1 Å². The molecule has 478 valence electrons. The predicted molar refractivity (Wildman–Crippen MR) is 401 cm³/mol. The van der Waals surface area contributed by atoms with Crippen LogP contribution in [0.1, 0.15) is 117 Å². The van der Waals surface area contributed by atoms with Crippen LogP contribution in [0.3, 0.4) is 0 Å². The minimum absolute atomic E-state index is 0. The van der Waals surface area contributed by atoms with Gasteiger partial charge in [-0.3, -0.25) is 4.57 Å². The van der Waals surface area contributed by atoms with Gasteiger partial charge in [-0.2, -0.15) is 18.2 Å². The van der Waals surface area contributed by atoms with Crippen LogP contribution in [0.2, 0.25) is 0 Å². The second kappa shape index (κ2) is 25.7. The molecule has 0 unspecified atom stereocenters. The van der Waals surface area contributed by atoms with E-state index < -0.39 is 231 Å². The van der Waals surface area contributed by atoms with E-state index >= 15 is 0 Å². The first-order valence-electron chi connectivity index (χ1n) is 45.0. The van der Waals surface area contributed by atoms with Crippen molar-refractivity contribution in [2.45, 2.75) is 78.6 Å². The zero-order chi connectivity index (χ0) is 90.3. The molecule has 0 radical (unpaired) electrons. The molecular weight excluding hydrogens is 1380 g/mol. The third-order valence-corrected chi connectivity index (χ3v) is 21.3. The monoisotopic (exact) mass is 1480 g/mol. The van der Waals surface area contributed by atoms with Gasteiger partial charge in [-0.15, -0.1) is 29.7 Å². The second-order valence-electron chi connectivity index (χ2n) is 26.3. The van der Waals surface area contributed by atoms with E-state index in [4.69, 9.17) is 22.1 Å². The average Bonchev–Trinajstić information content (AvgIpc) is 1.32. The number of pyridine rings is 1. The van der Waals surface area contributed by atoms with Crippen LogP contribution in [0.4, 0.5) is 0 Å². The van der Waals surface area contributed by atoms with Gasteiger partial charge in [0.2, 0.25) is 0 Å². The van der Waals surface area contributed by atoms with Crippen LogP contribution in [0, 0.1) is 18.5 Å². The van der Waals surface area contributed by atoms with Crippen LogP contribution in [0.25, 0.3) is 94.5 Å². The summed E-state index contributed by atoms with van der Waals surface area (Å²) in [5.41, 5.74) is -0.489. The van der Waals surface area contributed by atoms with Gasteiger partial charge in [0.05, 0.1) is 55.1 Å². The van der Waals surface area contributed by atoms with Gasteiger partial charge in [-0.25, -0.2) is 4.98 Å². The predicted octanol–water partition coefficient (Wildman–Crippen LogP) is 19.5. The molecule has 15 aromatic rings. The molecule has 12 aromatic carbocycles. The number of rotatable bonds is 13. The first kappa shape index (κ1) is 39.1. The molecule has 0 spiro atoms. The van der Waals surface area contributed by atoms with Gasteiger partial charge in [0, 0.05) is 44.3 Å². The minimum Gasteiger partial charge on any atom is -0.510 e. The van der Waals surface area contributed by atoms with Gasteiger partial charge in [0.15, 0.2) is 8.07 Å². The van der Waals surface area contributed by atoms with Crippen molar-refractivity contribution < 1.29 is 68.8 Å². The molecule has 97 heavy (non-hydrogen) atoms. The van der Waals surface area contributed by atoms with E-state index in [1.165, 1.54) is 33.4 Å². The number of fused-ring (bicyclic) bond motifs is 4. The van der Waals surface area contributed by atoms with Gasteiger partial charge in [0.1, 0.15) is 5.82 Å². The Morgan fingerprint density at radius 2 is 0.959 bits per heavy atom. The van der Waals surface area contributed by atoms with Crippen LogP contribution >= 0.6 is 0 Å². The maximum atomic E-state index is 10.7. The van der Waals surface area contributed by atoms with Gasteiger partial charge in [-0.1, -0.05) is 292 Å². The Hall–Kier alpha value is -10.2. The Balaban J connectivity index is 0.0000127. The summed E-state index contributed by atoms with van der Waals surface area (Å²) in [4.78, 5) is 4.85. The number of aromatic nitrogens is 4. The summed E-state index contributed by atoms with van der Waals surface area (Å²) in [6.45, 7) is 18.3. The fourth-order valence-electron chi connectivity index (χ4n) is 12.2. The summed E-state index contributed by atoms with van der Waals surface area (Å²) in [7, 11) is -5.97. The molecule has 0 bridgehead atoms. The molecule has 0 atom stereocenters. The standard InChI is InChI=1S/C90H76N4OSi.Pt/c1-88(2,3)68-49-50-91-86(57-68)94-82-44-26-25-41-80(82)81-47-45-73(59-84(81)94)95-72-34-27-33-71(58-72)92-61-93(83-48-46-77(60-85(83)92)96(74-35-19-12-20-36-74,75-37-21-13-22-38-75)76-39-23-14-24-40-76)87-78(42-28-43-79(87)67-54-69(89(4,5)6)56-70(55-67)90(7,8)9)66-52-64(62-29-15-10-16-30-62)51-65(53-66)63-31-17-11-18-32-63;/h10-57,60H,1-9H3;/q-2;/i10D,11D,12D,13D,14D,15D,16D,17D,18D,19D,20D,21D,22D,23D,24D,29D,30D,31D,32D,35D,36D,37D,38D,39D,40D,51D,52D,53D;. The van der Waals surface area contributed by atoms with Crippen LogP contribution in [-0.4, -0.2) is 22.2 Å². The minimum atomic E-state index is -5.97. The molecule has 5 nitrogen and oxygen atoms in total. The van der Waals surface area contributed by atoms with E-state index in [0.717, 1.165) is 33.0 Å². The summed E-state index contributed by atoms with van der Waals surface area (Å²) >= 11 is 0. The molecule has 0 saturated heterocycles. The molecule has 3 heterocycles. The van der Waals surface area contributed by atoms with Crippen molar-refractivity contribution in [3.8, 4) is 73.2 Å². The molecule has 0 aliphatic heterocycles. The Morgan fingerprint density at radius 1 is 0.433 bits per heavy atom. The fourth-order valence-corrected chi connectivity index (χ4v) is 16.0. The Kier molecular flexibility index (Phi) is 10.4. The van der Waals surface area contributed by atoms with Crippen LogP contribution in [0.15, 0.2) is 297 Å². The summed E-state index contributed by atoms with van der Waals surface area (Å²) < 4.78 is 278. The number of imidazole rings is 1. The maximum absolute atomic E-state index is 10.7. The van der Waals surface area contributed by atoms with E-state index in [1.807, 2.05) is 101 Å². The summed E-state index contributed by atoms with van der Waals surface area (Å²) in [6, 6.07) is 15.0. The number of para-hydroxylation sites is 2. The van der Waals surface area contributed by atoms with Gasteiger partial charge >= 0.3 is 0 Å². The number of hydrogen-bond acceptors (Lipinski definition) is 2. The largest absolute Gasteiger partial charge is 0.510 e. The smallest absolute Gasteiger partial charge is 0.268 e. The van der Waals surface area contributed by atoms with Crippen molar-refractivity contribution in [3.63, 3.8) is 0 Å². The Labute approximate surface area is 625 Å². The molecule has 3 aromatic heterocycles. The number of benzene rings is 12. The third kappa shape index (κ3) is 12.1. The number of hydrogen-bond donors (Lipinski definition) is 0. The van der Waals surface area contributed by atoms with Gasteiger partial charge < -0.3 is 13.9 Å². The van der Waals surface area contributed by atoms with Crippen molar-refractivity contribution in [2.24, 2.45) is 0 Å². The molecule has 7 heteroatoms. The summed E-state index contributed by atoms with van der Waals surface area (Å²) in [6.07, 6.45) is 5.26. The molecule has 0 N–H and O–H groups in total. The van der Waals surface area contributed by atoms with Crippen LogP contribution in [0.5, 0.6) is 11.5 Å². The zero-order valence-corrected chi connectivity index (χ0v) is 57.4. The quantitative estimate of drug-likeness (QED) is 0.0499. The molecular formula is C90H76N4OPtSi-2. The normalized spacial score (nSPS) is 16.1. The summed E-state index contributed by atoms with van der Waals surface area (Å²) in [5.74, 6) is 0.789. The van der Waals surface area contributed by atoms with E-state index in [0.29, 0.717) is 16.9 Å². The molecule has 0 fully saturated rings. The van der Waals surface area contributed by atoms with Crippen LogP contribution < -0.4 is 30.1 Å². The van der Waals surface area contributed by atoms with Crippen molar-refractivity contribution in [1.29, 1.82) is 0 Å². The van der Waals surface area contributed by atoms with E-state index in [9.17, 15) is 26.0 Å². The number of nitrogens with zero attached hydrogens (tertiary/aromatic N) is 4. The molecule has 15 rings (SSSR count). The van der Waals surface area contributed by atoms with E-state index in [1.54, 1.807) is 42.6 Å². The topological polar surface area (TPSA) is 35.9 Å². The Morgan fingerprint density at radius 3 is 1.54 bits per heavy atom. The number of ether oxygens (including phenoxy) is 1.